The average molecular weight is 280 g/mol. The summed E-state index contributed by atoms with van der Waals surface area (Å²) < 4.78 is 0.849. The smallest absolute Gasteiger partial charge is 0.0931 e. The lowest BCUT2D eigenvalue weighted by atomic mass is 10.0. The lowest BCUT2D eigenvalue weighted by Gasteiger charge is -2.20. The second-order valence-corrected chi connectivity index (χ2v) is 6.25. The summed E-state index contributed by atoms with van der Waals surface area (Å²) >= 11 is 7.55. The van der Waals surface area contributed by atoms with E-state index in [9.17, 15) is 0 Å². The first-order valence-electron chi connectivity index (χ1n) is 6.13. The van der Waals surface area contributed by atoms with Crippen LogP contribution in [0.15, 0.2) is 35.7 Å². The fourth-order valence-electron chi connectivity index (χ4n) is 1.97. The highest BCUT2D eigenvalue weighted by Crippen LogP contribution is 2.26. The van der Waals surface area contributed by atoms with Gasteiger partial charge in [0.1, 0.15) is 0 Å². The van der Waals surface area contributed by atoms with Gasteiger partial charge in [0.25, 0.3) is 0 Å². The van der Waals surface area contributed by atoms with Gasteiger partial charge in [0.2, 0.25) is 0 Å². The summed E-state index contributed by atoms with van der Waals surface area (Å²) in [5.41, 5.74) is 3.86. The molecule has 0 saturated heterocycles. The van der Waals surface area contributed by atoms with E-state index in [1.54, 1.807) is 11.3 Å². The summed E-state index contributed by atoms with van der Waals surface area (Å²) in [6.45, 7) is 6.47. The largest absolute Gasteiger partial charge is 0.304 e. The van der Waals surface area contributed by atoms with Gasteiger partial charge in [-0.2, -0.15) is 0 Å². The van der Waals surface area contributed by atoms with Crippen molar-refractivity contribution in [2.45, 2.75) is 32.9 Å². The van der Waals surface area contributed by atoms with E-state index in [4.69, 9.17) is 11.6 Å². The number of nitrogens with one attached hydrogen (secondary N) is 1. The second kappa shape index (κ2) is 5.87. The minimum Gasteiger partial charge on any atom is -0.304 e. The molecule has 2 aromatic rings. The van der Waals surface area contributed by atoms with Crippen molar-refractivity contribution in [1.82, 2.24) is 5.32 Å². The van der Waals surface area contributed by atoms with Crippen molar-refractivity contribution in [1.29, 1.82) is 0 Å². The van der Waals surface area contributed by atoms with E-state index in [1.807, 2.05) is 6.07 Å². The third-order valence-corrected chi connectivity index (χ3v) is 4.27. The molecule has 1 aromatic carbocycles. The Bertz CT molecular complexity index is 503. The highest BCUT2D eigenvalue weighted by Gasteiger charge is 2.12. The Morgan fingerprint density at radius 1 is 1.06 bits per heavy atom. The first-order valence-corrected chi connectivity index (χ1v) is 7.38. The Hall–Kier alpha value is -0.830. The van der Waals surface area contributed by atoms with Gasteiger partial charge < -0.3 is 5.32 Å². The van der Waals surface area contributed by atoms with Crippen molar-refractivity contribution in [2.75, 3.05) is 0 Å². The molecule has 1 N–H and O–H groups in total. The highest BCUT2D eigenvalue weighted by atomic mass is 35.5. The van der Waals surface area contributed by atoms with E-state index < -0.39 is 0 Å². The van der Waals surface area contributed by atoms with E-state index in [-0.39, 0.29) is 0 Å². The van der Waals surface area contributed by atoms with Gasteiger partial charge in [0.05, 0.1) is 4.34 Å². The maximum absolute atomic E-state index is 5.97. The molecule has 0 aliphatic rings. The molecule has 1 unspecified atom stereocenters. The van der Waals surface area contributed by atoms with Crippen LogP contribution in [-0.2, 0) is 0 Å². The predicted octanol–water partition coefficient (Wildman–Crippen LogP) is 5.12. The van der Waals surface area contributed by atoms with Crippen LogP contribution in [-0.4, -0.2) is 0 Å². The molecule has 0 saturated carbocycles. The molecule has 0 spiro atoms. The molecule has 1 aromatic heterocycles. The number of benzene rings is 1. The molecule has 2 rings (SSSR count). The van der Waals surface area contributed by atoms with Crippen LogP contribution in [0.25, 0.3) is 0 Å². The van der Waals surface area contributed by atoms with Crippen LogP contribution >= 0.6 is 22.9 Å². The van der Waals surface area contributed by atoms with E-state index in [1.165, 1.54) is 16.7 Å². The van der Waals surface area contributed by atoms with Crippen LogP contribution < -0.4 is 5.32 Å². The summed E-state index contributed by atoms with van der Waals surface area (Å²) in [6.07, 6.45) is 0. The van der Waals surface area contributed by atoms with Crippen LogP contribution in [0.1, 0.15) is 42.6 Å². The monoisotopic (exact) mass is 279 g/mol. The molecule has 2 atom stereocenters. The summed E-state index contributed by atoms with van der Waals surface area (Å²) in [5.74, 6) is 0. The molecule has 0 aliphatic heterocycles. The van der Waals surface area contributed by atoms with Crippen molar-refractivity contribution in [2.24, 2.45) is 0 Å². The molecular weight excluding hydrogens is 262 g/mol. The third-order valence-electron chi connectivity index (χ3n) is 3.17. The van der Waals surface area contributed by atoms with Crippen LogP contribution in [0, 0.1) is 6.92 Å². The Morgan fingerprint density at radius 2 is 1.67 bits per heavy atom. The molecule has 3 heteroatoms. The molecule has 0 fully saturated rings. The van der Waals surface area contributed by atoms with Gasteiger partial charge in [-0.05, 0) is 43.3 Å². The highest BCUT2D eigenvalue weighted by molar-refractivity contribution is 7.14. The van der Waals surface area contributed by atoms with Crippen LogP contribution in [0.2, 0.25) is 4.34 Å². The Morgan fingerprint density at radius 3 is 2.22 bits per heavy atom. The zero-order valence-electron chi connectivity index (χ0n) is 10.9. The Balaban J connectivity index is 2.02. The van der Waals surface area contributed by atoms with Gasteiger partial charge in [-0.3, -0.25) is 0 Å². The van der Waals surface area contributed by atoms with Crippen molar-refractivity contribution >= 4 is 22.9 Å². The summed E-state index contributed by atoms with van der Waals surface area (Å²) in [4.78, 5) is 0. The first-order chi connectivity index (χ1) is 8.56. The van der Waals surface area contributed by atoms with Crippen LogP contribution in [0.5, 0.6) is 0 Å². The predicted molar refractivity (Wildman–Crippen MR) is 80.5 cm³/mol. The van der Waals surface area contributed by atoms with Crippen molar-refractivity contribution in [3.63, 3.8) is 0 Å². The van der Waals surface area contributed by atoms with Gasteiger partial charge in [-0.1, -0.05) is 41.4 Å². The second-order valence-electron chi connectivity index (χ2n) is 4.70. The lowest BCUT2D eigenvalue weighted by molar-refractivity contribution is 0.495. The van der Waals surface area contributed by atoms with Gasteiger partial charge in [-0.15, -0.1) is 11.3 Å². The molecule has 18 heavy (non-hydrogen) atoms. The first kappa shape index (κ1) is 13.6. The van der Waals surface area contributed by atoms with Gasteiger partial charge in [-0.25, -0.2) is 0 Å². The Labute approximate surface area is 118 Å². The lowest BCUT2D eigenvalue weighted by Crippen LogP contribution is -2.22. The molecular formula is C15H18ClNS. The fraction of sp³-hybridized carbons (Fsp3) is 0.333. The number of aryl methyl sites for hydroxylation is 1. The zero-order chi connectivity index (χ0) is 13.1. The summed E-state index contributed by atoms with van der Waals surface area (Å²) in [7, 11) is 0. The SMILES string of the molecule is Cc1ccc([C@H](C)NC(C)c2csc(Cl)c2)cc1. The molecule has 0 aliphatic carbocycles. The number of thiophene rings is 1. The van der Waals surface area contributed by atoms with E-state index in [2.05, 4.69) is 55.7 Å². The Kier molecular flexibility index (Phi) is 4.44. The molecule has 1 heterocycles. The summed E-state index contributed by atoms with van der Waals surface area (Å²) in [6, 6.07) is 11.3. The molecule has 0 radical (unpaired) electrons. The molecule has 0 amide bonds. The maximum Gasteiger partial charge on any atom is 0.0931 e. The van der Waals surface area contributed by atoms with E-state index >= 15 is 0 Å². The van der Waals surface area contributed by atoms with E-state index in [0.717, 1.165) is 4.34 Å². The van der Waals surface area contributed by atoms with Crippen molar-refractivity contribution < 1.29 is 0 Å². The van der Waals surface area contributed by atoms with Gasteiger partial charge in [0, 0.05) is 12.1 Å². The molecule has 96 valence electrons. The van der Waals surface area contributed by atoms with Crippen molar-refractivity contribution in [3.05, 3.63) is 56.7 Å². The third kappa shape index (κ3) is 3.35. The summed E-state index contributed by atoms with van der Waals surface area (Å²) in [5, 5.41) is 5.71. The number of hydrogen-bond donors (Lipinski definition) is 1. The van der Waals surface area contributed by atoms with Crippen LogP contribution in [0.3, 0.4) is 0 Å². The standard InChI is InChI=1S/C15H18ClNS/c1-10-4-6-13(7-5-10)11(2)17-12(3)14-8-15(16)18-9-14/h4-9,11-12,17H,1-3H3/t11-,12?/m0/s1. The van der Waals surface area contributed by atoms with Gasteiger partial charge in [0.15, 0.2) is 0 Å². The topological polar surface area (TPSA) is 12.0 Å². The normalized spacial score (nSPS) is 14.4. The van der Waals surface area contributed by atoms with E-state index in [0.29, 0.717) is 12.1 Å². The van der Waals surface area contributed by atoms with Gasteiger partial charge >= 0.3 is 0 Å². The fourth-order valence-corrected chi connectivity index (χ4v) is 2.96. The minimum absolute atomic E-state index is 0.310. The molecule has 1 nitrogen and oxygen atoms in total. The molecule has 0 bridgehead atoms. The quantitative estimate of drug-likeness (QED) is 0.819. The number of halogens is 1. The zero-order valence-corrected chi connectivity index (χ0v) is 12.5. The maximum atomic E-state index is 5.97. The minimum atomic E-state index is 0.310. The van der Waals surface area contributed by atoms with Crippen LogP contribution in [0.4, 0.5) is 0 Å². The van der Waals surface area contributed by atoms with Crippen molar-refractivity contribution in [3.8, 4) is 0 Å². The average Bonchev–Trinajstić information content (AvgIpc) is 2.76. The number of rotatable bonds is 4. The number of hydrogen-bond acceptors (Lipinski definition) is 2.